The van der Waals surface area contributed by atoms with E-state index in [9.17, 15) is 10.0 Å². The number of fused-ring (bicyclic) bond motifs is 2. The molecule has 0 fully saturated rings. The summed E-state index contributed by atoms with van der Waals surface area (Å²) in [4.78, 5) is 17.3. The highest BCUT2D eigenvalue weighted by atomic mass is 16.5. The second-order valence-corrected chi connectivity index (χ2v) is 6.02. The average molecular weight is 304 g/mol. The number of hydrogen-bond acceptors (Lipinski definition) is 3. The molecule has 2 heterocycles. The van der Waals surface area contributed by atoms with E-state index in [0.29, 0.717) is 18.5 Å². The van der Waals surface area contributed by atoms with E-state index in [1.54, 1.807) is 18.5 Å². The van der Waals surface area contributed by atoms with Crippen LogP contribution < -0.4 is 0 Å². The van der Waals surface area contributed by atoms with Crippen LogP contribution in [0.25, 0.3) is 10.9 Å². The Morgan fingerprint density at radius 2 is 2.09 bits per heavy atom. The van der Waals surface area contributed by atoms with Crippen LogP contribution in [0.1, 0.15) is 23.2 Å². The minimum absolute atomic E-state index is 0.0588. The first-order valence-corrected chi connectivity index (χ1v) is 7.80. The highest BCUT2D eigenvalue weighted by Crippen LogP contribution is 2.31. The number of hydroxylamine groups is 1. The summed E-state index contributed by atoms with van der Waals surface area (Å²) in [6.07, 6.45) is 8.60. The zero-order chi connectivity index (χ0) is 15.8. The van der Waals surface area contributed by atoms with Crippen LogP contribution >= 0.6 is 0 Å². The fourth-order valence-electron chi connectivity index (χ4n) is 3.35. The van der Waals surface area contributed by atoms with E-state index in [-0.39, 0.29) is 11.7 Å². The van der Waals surface area contributed by atoms with Gasteiger partial charge in [0.25, 0.3) is 0 Å². The largest absolute Gasteiger partial charge is 0.624 e. The molecule has 0 saturated carbocycles. The second-order valence-electron chi connectivity index (χ2n) is 6.02. The molecule has 4 rings (SSSR count). The first-order valence-electron chi connectivity index (χ1n) is 7.80. The number of carbonyl (C=O) groups is 1. The maximum atomic E-state index is 12.9. The number of hydrogen-bond donors (Lipinski definition) is 0. The van der Waals surface area contributed by atoms with Gasteiger partial charge in [0.15, 0.2) is 18.5 Å². The van der Waals surface area contributed by atoms with Gasteiger partial charge in [0.05, 0.1) is 5.52 Å². The van der Waals surface area contributed by atoms with Crippen molar-refractivity contribution in [2.75, 3.05) is 6.54 Å². The number of ketones is 1. The number of para-hydroxylation sites is 1. The Morgan fingerprint density at radius 3 is 3.00 bits per heavy atom. The lowest BCUT2D eigenvalue weighted by Crippen LogP contribution is -2.25. The van der Waals surface area contributed by atoms with Crippen molar-refractivity contribution < 1.29 is 9.53 Å². The van der Waals surface area contributed by atoms with Gasteiger partial charge in [-0.2, -0.15) is 0 Å². The van der Waals surface area contributed by atoms with Crippen LogP contribution in [0.3, 0.4) is 0 Å². The van der Waals surface area contributed by atoms with Crippen LogP contribution in [0.2, 0.25) is 0 Å². The molecule has 0 saturated heterocycles. The molecule has 23 heavy (non-hydrogen) atoms. The van der Waals surface area contributed by atoms with Crippen LogP contribution in [-0.2, 0) is 0 Å². The Kier molecular flexibility index (Phi) is 3.30. The topological polar surface area (TPSA) is 56.0 Å². The zero-order valence-electron chi connectivity index (χ0n) is 12.6. The summed E-state index contributed by atoms with van der Waals surface area (Å²) in [5.41, 5.74) is 3.37. The predicted molar refractivity (Wildman–Crippen MR) is 89.5 cm³/mol. The van der Waals surface area contributed by atoms with Crippen LogP contribution in [0, 0.1) is 11.1 Å². The number of benzene rings is 1. The smallest absolute Gasteiger partial charge is 0.189 e. The Labute approximate surface area is 134 Å². The normalized spacial score (nSPS) is 20.3. The molecule has 4 nitrogen and oxygen atoms in total. The molecular weight excluding hydrogens is 288 g/mol. The van der Waals surface area contributed by atoms with E-state index in [0.717, 1.165) is 33.2 Å². The van der Waals surface area contributed by atoms with Gasteiger partial charge in [-0.3, -0.25) is 9.78 Å². The van der Waals surface area contributed by atoms with Crippen molar-refractivity contribution >= 4 is 22.9 Å². The maximum absolute atomic E-state index is 12.9. The quantitative estimate of drug-likeness (QED) is 0.486. The minimum Gasteiger partial charge on any atom is -0.624 e. The molecule has 1 aromatic heterocycles. The predicted octanol–water partition coefficient (Wildman–Crippen LogP) is 3.28. The summed E-state index contributed by atoms with van der Waals surface area (Å²) in [7, 11) is 0. The van der Waals surface area contributed by atoms with Crippen LogP contribution in [0.4, 0.5) is 0 Å². The average Bonchev–Trinajstić information content (AvgIpc) is 2.60. The molecule has 1 aromatic carbocycles. The van der Waals surface area contributed by atoms with E-state index < -0.39 is 0 Å². The molecule has 1 aliphatic heterocycles. The Bertz CT molecular complexity index is 888. The molecule has 1 aliphatic carbocycles. The summed E-state index contributed by atoms with van der Waals surface area (Å²) in [5.74, 6) is 0.334. The van der Waals surface area contributed by atoms with Crippen molar-refractivity contribution in [1.82, 2.24) is 4.98 Å². The summed E-state index contributed by atoms with van der Waals surface area (Å²) in [5, 5.41) is 12.3. The van der Waals surface area contributed by atoms with Gasteiger partial charge < -0.3 is 5.21 Å². The SMILES string of the molecule is O=C(C1=CC=C2C=[N+]([O-])CC[C@H]2C1)c1ccnc2ccccc12. The molecule has 0 amide bonds. The standard InChI is InChI=1S/C19H16N2O2/c22-19(17-7-9-20-18-4-2-1-3-16(17)18)14-5-6-15-12-21(23)10-8-13(15)11-14/h1-7,9,12-13H,8,10-11H2/t13-/m0/s1. The van der Waals surface area contributed by atoms with E-state index in [1.807, 2.05) is 36.4 Å². The third-order valence-electron chi connectivity index (χ3n) is 4.59. The number of rotatable bonds is 2. The van der Waals surface area contributed by atoms with Gasteiger partial charge in [-0.1, -0.05) is 30.4 Å². The minimum atomic E-state index is 0.0588. The summed E-state index contributed by atoms with van der Waals surface area (Å²) in [6, 6.07) is 9.48. The third-order valence-corrected chi connectivity index (χ3v) is 4.59. The van der Waals surface area contributed by atoms with Gasteiger partial charge in [0.1, 0.15) is 0 Å². The number of nitrogens with zero attached hydrogens (tertiary/aromatic N) is 2. The van der Waals surface area contributed by atoms with Crippen molar-refractivity contribution in [3.63, 3.8) is 0 Å². The number of carbonyl (C=O) groups excluding carboxylic acids is 1. The molecule has 2 aromatic rings. The molecule has 4 heteroatoms. The van der Waals surface area contributed by atoms with Crippen LogP contribution in [-0.4, -0.2) is 28.3 Å². The zero-order valence-corrected chi connectivity index (χ0v) is 12.6. The van der Waals surface area contributed by atoms with E-state index >= 15 is 0 Å². The summed E-state index contributed by atoms with van der Waals surface area (Å²) in [6.45, 7) is 0.502. The Balaban J connectivity index is 1.72. The van der Waals surface area contributed by atoms with Gasteiger partial charge in [-0.15, -0.1) is 0 Å². The number of allylic oxidation sites excluding steroid dienone is 4. The number of aromatic nitrogens is 1. The Hall–Kier alpha value is -2.75. The highest BCUT2D eigenvalue weighted by molar-refractivity contribution is 6.16. The molecule has 0 spiro atoms. The lowest BCUT2D eigenvalue weighted by atomic mass is 9.81. The van der Waals surface area contributed by atoms with Crippen molar-refractivity contribution in [1.29, 1.82) is 0 Å². The second kappa shape index (κ2) is 5.47. The lowest BCUT2D eigenvalue weighted by Gasteiger charge is -2.25. The Morgan fingerprint density at radius 1 is 1.22 bits per heavy atom. The van der Waals surface area contributed by atoms with Gasteiger partial charge in [0, 0.05) is 34.7 Å². The van der Waals surface area contributed by atoms with Crippen molar-refractivity contribution in [3.05, 3.63) is 70.6 Å². The van der Waals surface area contributed by atoms with Gasteiger partial charge in [-0.25, -0.2) is 4.74 Å². The van der Waals surface area contributed by atoms with E-state index in [1.165, 1.54) is 0 Å². The molecular formula is C19H16N2O2. The molecule has 114 valence electrons. The van der Waals surface area contributed by atoms with Crippen molar-refractivity contribution in [2.24, 2.45) is 5.92 Å². The molecule has 0 unspecified atom stereocenters. The fourth-order valence-corrected chi connectivity index (χ4v) is 3.35. The summed E-state index contributed by atoms with van der Waals surface area (Å²) < 4.78 is 0.972. The fraction of sp³-hybridized carbons (Fsp3) is 0.211. The first-order chi connectivity index (χ1) is 11.2. The van der Waals surface area contributed by atoms with Crippen LogP contribution in [0.5, 0.6) is 0 Å². The molecule has 0 radical (unpaired) electrons. The summed E-state index contributed by atoms with van der Waals surface area (Å²) >= 11 is 0. The molecule has 2 aliphatic rings. The van der Waals surface area contributed by atoms with Crippen molar-refractivity contribution in [3.8, 4) is 0 Å². The van der Waals surface area contributed by atoms with Gasteiger partial charge >= 0.3 is 0 Å². The van der Waals surface area contributed by atoms with E-state index in [2.05, 4.69) is 4.98 Å². The van der Waals surface area contributed by atoms with Gasteiger partial charge in [0.2, 0.25) is 0 Å². The monoisotopic (exact) mass is 304 g/mol. The molecule has 0 N–H and O–H groups in total. The van der Waals surface area contributed by atoms with Crippen LogP contribution in [0.15, 0.2) is 59.8 Å². The van der Waals surface area contributed by atoms with Crippen molar-refractivity contribution in [2.45, 2.75) is 12.8 Å². The first kappa shape index (κ1) is 13.9. The van der Waals surface area contributed by atoms with Gasteiger partial charge in [-0.05, 0) is 24.5 Å². The lowest BCUT2D eigenvalue weighted by molar-refractivity contribution is -0.457. The van der Waals surface area contributed by atoms with E-state index in [4.69, 9.17) is 0 Å². The molecule has 1 atom stereocenters. The maximum Gasteiger partial charge on any atom is 0.189 e. The third kappa shape index (κ3) is 2.46. The number of pyridine rings is 1. The molecule has 0 bridgehead atoms. The highest BCUT2D eigenvalue weighted by Gasteiger charge is 2.28. The number of Topliss-reactive ketones (excluding diaryl/α,β-unsaturated/α-hetero) is 1.